The van der Waals surface area contributed by atoms with Gasteiger partial charge in [-0.3, -0.25) is 14.3 Å². The van der Waals surface area contributed by atoms with Gasteiger partial charge in [0.25, 0.3) is 0 Å². The lowest BCUT2D eigenvalue weighted by atomic mass is 9.99. The maximum atomic E-state index is 12.6. The Labute approximate surface area is 164 Å². The molecule has 1 aromatic carbocycles. The van der Waals surface area contributed by atoms with Crippen LogP contribution < -0.4 is 4.74 Å². The van der Waals surface area contributed by atoms with Crippen LogP contribution in [0.15, 0.2) is 30.5 Å². The van der Waals surface area contributed by atoms with Crippen molar-refractivity contribution < 1.29 is 34.7 Å². The Balaban J connectivity index is 1.56. The summed E-state index contributed by atoms with van der Waals surface area (Å²) in [6, 6.07) is 7.03. The van der Waals surface area contributed by atoms with Crippen molar-refractivity contribution in [2.75, 3.05) is 6.61 Å². The molecule has 0 unspecified atom stereocenters. The van der Waals surface area contributed by atoms with Crippen molar-refractivity contribution in [3.05, 3.63) is 36.2 Å². The van der Waals surface area contributed by atoms with E-state index in [1.165, 1.54) is 0 Å². The van der Waals surface area contributed by atoms with Gasteiger partial charge in [0.05, 0.1) is 23.3 Å². The lowest BCUT2D eigenvalue weighted by Crippen LogP contribution is -2.60. The highest BCUT2D eigenvalue weighted by Crippen LogP contribution is 2.36. The molecule has 152 valence electrons. The molecular formula is C20H20N2O7. The van der Waals surface area contributed by atoms with Gasteiger partial charge in [-0.05, 0) is 18.2 Å². The first kappa shape index (κ1) is 18.5. The van der Waals surface area contributed by atoms with Crippen LogP contribution in [-0.4, -0.2) is 73.2 Å². The van der Waals surface area contributed by atoms with Gasteiger partial charge >= 0.3 is 0 Å². The highest BCUT2D eigenvalue weighted by Gasteiger charge is 2.44. The van der Waals surface area contributed by atoms with Crippen LogP contribution in [0.1, 0.15) is 16.9 Å². The molecule has 2 aliphatic heterocycles. The average molecular weight is 400 g/mol. The molecule has 0 spiro atoms. The third-order valence-electron chi connectivity index (χ3n) is 5.65. The molecule has 4 N–H and O–H groups in total. The van der Waals surface area contributed by atoms with Gasteiger partial charge in [0.2, 0.25) is 12.2 Å². The van der Waals surface area contributed by atoms with Crippen molar-refractivity contribution in [1.82, 2.24) is 9.55 Å². The molecule has 3 aromatic rings. The van der Waals surface area contributed by atoms with Crippen LogP contribution in [0.5, 0.6) is 5.75 Å². The normalized spacial score (nSPS) is 29.5. The van der Waals surface area contributed by atoms with Crippen LogP contribution in [0.3, 0.4) is 0 Å². The van der Waals surface area contributed by atoms with Gasteiger partial charge < -0.3 is 29.9 Å². The molecule has 0 bridgehead atoms. The van der Waals surface area contributed by atoms with Crippen LogP contribution in [-0.2, 0) is 11.2 Å². The number of aryl methyl sites for hydroxylation is 1. The minimum absolute atomic E-state index is 0.0320. The maximum Gasteiger partial charge on any atom is 0.232 e. The monoisotopic (exact) mass is 400 g/mol. The second kappa shape index (κ2) is 6.75. The fourth-order valence-corrected chi connectivity index (χ4v) is 4.16. The first-order valence-electron chi connectivity index (χ1n) is 9.42. The summed E-state index contributed by atoms with van der Waals surface area (Å²) in [5.74, 6) is 0.282. The molecule has 0 amide bonds. The fourth-order valence-electron chi connectivity index (χ4n) is 4.16. The summed E-state index contributed by atoms with van der Waals surface area (Å²) in [6.07, 6.45) is -4.15. The lowest BCUT2D eigenvalue weighted by Gasteiger charge is -2.39. The number of nitrogens with zero attached hydrogens (tertiary/aromatic N) is 2. The van der Waals surface area contributed by atoms with Crippen molar-refractivity contribution in [3.63, 3.8) is 0 Å². The Morgan fingerprint density at radius 1 is 1.10 bits per heavy atom. The molecule has 9 heteroatoms. The number of hydrogen-bond acceptors (Lipinski definition) is 8. The predicted octanol–water partition coefficient (Wildman–Crippen LogP) is -0.0454. The number of hydrogen-bond donors (Lipinski definition) is 4. The predicted molar refractivity (Wildman–Crippen MR) is 101 cm³/mol. The standard InChI is InChI=1S/C20H20N2O7/c23-8-14-17(25)18(26)19(27)20(29-14)28-9-1-2-10-11-5-6-21-12-3-4-15(24)22(16(11)12)13(10)7-9/h1-2,5-7,14,17-20,23,25-27H,3-4,8H2/t14-,17-,18+,19-,20-/m1/s1. The van der Waals surface area contributed by atoms with Crippen molar-refractivity contribution in [3.8, 4) is 5.75 Å². The van der Waals surface area contributed by atoms with Gasteiger partial charge in [-0.15, -0.1) is 0 Å². The summed E-state index contributed by atoms with van der Waals surface area (Å²) in [6.45, 7) is -0.539. The fraction of sp³-hybridized carbons (Fsp3) is 0.400. The smallest absolute Gasteiger partial charge is 0.232 e. The number of aliphatic hydroxyl groups is 4. The van der Waals surface area contributed by atoms with Gasteiger partial charge in [0.1, 0.15) is 30.2 Å². The topological polar surface area (TPSA) is 134 Å². The summed E-state index contributed by atoms with van der Waals surface area (Å²) in [7, 11) is 0. The number of pyridine rings is 1. The van der Waals surface area contributed by atoms with Crippen molar-refractivity contribution in [2.45, 2.75) is 43.5 Å². The lowest BCUT2D eigenvalue weighted by molar-refractivity contribution is -0.277. The number of benzene rings is 1. The van der Waals surface area contributed by atoms with Crippen molar-refractivity contribution in [1.29, 1.82) is 0 Å². The summed E-state index contributed by atoms with van der Waals surface area (Å²) in [5, 5.41) is 41.2. The summed E-state index contributed by atoms with van der Waals surface area (Å²) >= 11 is 0. The molecule has 0 radical (unpaired) electrons. The van der Waals surface area contributed by atoms with E-state index in [4.69, 9.17) is 9.47 Å². The number of rotatable bonds is 3. The zero-order chi connectivity index (χ0) is 20.3. The van der Waals surface area contributed by atoms with Crippen LogP contribution in [0.2, 0.25) is 0 Å². The molecule has 1 fully saturated rings. The van der Waals surface area contributed by atoms with Gasteiger partial charge in [0.15, 0.2) is 0 Å². The van der Waals surface area contributed by atoms with E-state index in [1.54, 1.807) is 22.9 Å². The molecule has 4 heterocycles. The molecule has 0 saturated carbocycles. The minimum atomic E-state index is -1.53. The van der Waals surface area contributed by atoms with Gasteiger partial charge in [-0.25, -0.2) is 0 Å². The van der Waals surface area contributed by atoms with Gasteiger partial charge in [-0.2, -0.15) is 0 Å². The number of aromatic nitrogens is 2. The van der Waals surface area contributed by atoms with Crippen LogP contribution >= 0.6 is 0 Å². The minimum Gasteiger partial charge on any atom is -0.462 e. The Hall–Kier alpha value is -2.56. The number of fused-ring (bicyclic) bond motifs is 3. The molecule has 2 aromatic heterocycles. The van der Waals surface area contributed by atoms with Crippen molar-refractivity contribution >= 4 is 27.7 Å². The maximum absolute atomic E-state index is 12.6. The number of carbonyl (C=O) groups is 1. The number of aliphatic hydroxyl groups excluding tert-OH is 4. The Morgan fingerprint density at radius 3 is 2.72 bits per heavy atom. The van der Waals surface area contributed by atoms with Gasteiger partial charge in [0, 0.05) is 35.9 Å². The molecule has 5 rings (SSSR count). The molecular weight excluding hydrogens is 380 g/mol. The van der Waals surface area contributed by atoms with E-state index in [1.807, 2.05) is 12.1 Å². The van der Waals surface area contributed by atoms with Crippen LogP contribution in [0.25, 0.3) is 21.8 Å². The highest BCUT2D eigenvalue weighted by atomic mass is 16.7. The third kappa shape index (κ3) is 2.74. The van der Waals surface area contributed by atoms with E-state index in [-0.39, 0.29) is 5.91 Å². The van der Waals surface area contributed by atoms with E-state index in [0.29, 0.717) is 24.1 Å². The Kier molecular flexibility index (Phi) is 4.30. The molecule has 9 nitrogen and oxygen atoms in total. The molecule has 5 atom stereocenters. The average Bonchev–Trinajstić information content (AvgIpc) is 3.07. The quantitative estimate of drug-likeness (QED) is 0.481. The van der Waals surface area contributed by atoms with E-state index < -0.39 is 37.3 Å². The first-order chi connectivity index (χ1) is 14.0. The van der Waals surface area contributed by atoms with E-state index in [9.17, 15) is 25.2 Å². The van der Waals surface area contributed by atoms with Crippen LogP contribution in [0, 0.1) is 0 Å². The summed E-state index contributed by atoms with van der Waals surface area (Å²) in [5.41, 5.74) is 2.32. The zero-order valence-corrected chi connectivity index (χ0v) is 15.3. The zero-order valence-electron chi connectivity index (χ0n) is 15.3. The second-order valence-corrected chi connectivity index (χ2v) is 7.38. The van der Waals surface area contributed by atoms with E-state index in [2.05, 4.69) is 4.98 Å². The Morgan fingerprint density at radius 2 is 1.93 bits per heavy atom. The molecule has 29 heavy (non-hydrogen) atoms. The first-order valence-corrected chi connectivity index (χ1v) is 9.42. The van der Waals surface area contributed by atoms with Crippen LogP contribution in [0.4, 0.5) is 0 Å². The Bertz CT molecular complexity index is 1110. The number of carbonyl (C=O) groups excluding carboxylic acids is 1. The highest BCUT2D eigenvalue weighted by molar-refractivity contribution is 6.15. The van der Waals surface area contributed by atoms with Crippen molar-refractivity contribution in [2.24, 2.45) is 0 Å². The molecule has 2 aliphatic rings. The van der Waals surface area contributed by atoms with E-state index in [0.717, 1.165) is 22.0 Å². The third-order valence-corrected chi connectivity index (χ3v) is 5.65. The number of ether oxygens (including phenoxy) is 2. The molecule has 0 aliphatic carbocycles. The molecule has 1 saturated heterocycles. The largest absolute Gasteiger partial charge is 0.462 e. The van der Waals surface area contributed by atoms with Gasteiger partial charge in [-0.1, -0.05) is 0 Å². The SMILES string of the molecule is O=C1CCc2nccc3c4ccc(O[C@@H]5O[C@H](CO)[C@@H](O)[C@H](O)[C@H]5O)cc4n1c23. The van der Waals surface area contributed by atoms with E-state index >= 15 is 0 Å². The second-order valence-electron chi connectivity index (χ2n) is 7.38. The summed E-state index contributed by atoms with van der Waals surface area (Å²) < 4.78 is 12.7. The summed E-state index contributed by atoms with van der Waals surface area (Å²) in [4.78, 5) is 17.0.